The quantitative estimate of drug-likeness (QED) is 0.765. The van der Waals surface area contributed by atoms with Gasteiger partial charge < -0.3 is 4.74 Å². The zero-order chi connectivity index (χ0) is 18.9. The Morgan fingerprint density at radius 3 is 2.46 bits per heavy atom. The molecule has 0 spiro atoms. The first-order chi connectivity index (χ1) is 12.3. The van der Waals surface area contributed by atoms with Gasteiger partial charge in [0.1, 0.15) is 11.4 Å². The van der Waals surface area contributed by atoms with Crippen LogP contribution in [0.2, 0.25) is 0 Å². The number of aromatic nitrogens is 1. The predicted octanol–water partition coefficient (Wildman–Crippen LogP) is 4.92. The molecule has 1 unspecified atom stereocenters. The molecule has 2 aliphatic rings. The summed E-state index contributed by atoms with van der Waals surface area (Å²) in [5.74, 6) is 0.710. The van der Waals surface area contributed by atoms with Crippen LogP contribution < -0.4 is 4.90 Å². The fraction of sp³-hybridized carbons (Fsp3) is 0.714. The second-order valence-corrected chi connectivity index (χ2v) is 8.87. The molecule has 1 aromatic heterocycles. The zero-order valence-corrected chi connectivity index (χ0v) is 16.9. The van der Waals surface area contributed by atoms with Gasteiger partial charge in [-0.2, -0.15) is 0 Å². The lowest BCUT2D eigenvalue weighted by atomic mass is 9.91. The van der Waals surface area contributed by atoms with Crippen LogP contribution in [0.15, 0.2) is 18.3 Å². The average Bonchev–Trinajstić information content (AvgIpc) is 2.99. The standard InChI is InChI=1S/C21H33N3O2/c1-15(2)23-13-7-10-18(23)16-11-12-19(22-14-16)24(17-8-6-9-17)20(25)26-21(3,4)5/h11-12,14-15,17-18H,6-10,13H2,1-5H3. The van der Waals surface area contributed by atoms with Crippen LogP contribution in [0.5, 0.6) is 0 Å². The number of pyridine rings is 1. The summed E-state index contributed by atoms with van der Waals surface area (Å²) in [6, 6.07) is 5.32. The molecule has 2 fully saturated rings. The van der Waals surface area contributed by atoms with Gasteiger partial charge in [0.2, 0.25) is 0 Å². The van der Waals surface area contributed by atoms with E-state index < -0.39 is 5.60 Å². The molecule has 1 aromatic rings. The largest absolute Gasteiger partial charge is 0.443 e. The molecule has 5 heteroatoms. The van der Waals surface area contributed by atoms with E-state index in [1.165, 1.54) is 18.4 Å². The van der Waals surface area contributed by atoms with Crippen molar-refractivity contribution < 1.29 is 9.53 Å². The van der Waals surface area contributed by atoms with E-state index in [0.29, 0.717) is 17.9 Å². The van der Waals surface area contributed by atoms with Gasteiger partial charge in [0.05, 0.1) is 0 Å². The highest BCUT2D eigenvalue weighted by Gasteiger charge is 2.34. The van der Waals surface area contributed by atoms with E-state index >= 15 is 0 Å². The fourth-order valence-corrected chi connectivity index (χ4v) is 3.89. The lowest BCUT2D eigenvalue weighted by Gasteiger charge is -2.37. The van der Waals surface area contributed by atoms with Crippen LogP contribution in [0.1, 0.15) is 78.3 Å². The van der Waals surface area contributed by atoms with Crippen molar-refractivity contribution in [3.63, 3.8) is 0 Å². The first kappa shape index (κ1) is 19.2. The Balaban J connectivity index is 1.79. The van der Waals surface area contributed by atoms with E-state index in [0.717, 1.165) is 25.8 Å². The van der Waals surface area contributed by atoms with Crippen molar-refractivity contribution in [1.29, 1.82) is 0 Å². The third-order valence-corrected chi connectivity index (χ3v) is 5.39. The van der Waals surface area contributed by atoms with Crippen LogP contribution in [0.25, 0.3) is 0 Å². The highest BCUT2D eigenvalue weighted by Crippen LogP contribution is 2.35. The molecule has 0 aromatic carbocycles. The molecule has 0 radical (unpaired) electrons. The normalized spacial score (nSPS) is 21.7. The second-order valence-electron chi connectivity index (χ2n) is 8.87. The van der Waals surface area contributed by atoms with Gasteiger partial charge in [-0.1, -0.05) is 6.07 Å². The van der Waals surface area contributed by atoms with Crippen molar-refractivity contribution in [2.45, 2.75) is 90.4 Å². The Morgan fingerprint density at radius 1 is 1.23 bits per heavy atom. The minimum Gasteiger partial charge on any atom is -0.443 e. The number of carbonyl (C=O) groups is 1. The van der Waals surface area contributed by atoms with Crippen molar-refractivity contribution in [3.05, 3.63) is 23.9 Å². The van der Waals surface area contributed by atoms with E-state index in [9.17, 15) is 4.79 Å². The van der Waals surface area contributed by atoms with Crippen molar-refractivity contribution in [3.8, 4) is 0 Å². The van der Waals surface area contributed by atoms with Crippen molar-refractivity contribution in [2.24, 2.45) is 0 Å². The summed E-state index contributed by atoms with van der Waals surface area (Å²) >= 11 is 0. The van der Waals surface area contributed by atoms with Crippen molar-refractivity contribution in [2.75, 3.05) is 11.4 Å². The Bertz CT molecular complexity index is 617. The van der Waals surface area contributed by atoms with Crippen LogP contribution in [0.4, 0.5) is 10.6 Å². The fourth-order valence-electron chi connectivity index (χ4n) is 3.89. The van der Waals surface area contributed by atoms with Crippen LogP contribution in [-0.4, -0.2) is 40.2 Å². The number of hydrogen-bond donors (Lipinski definition) is 0. The Kier molecular flexibility index (Phi) is 5.56. The molecule has 144 valence electrons. The second kappa shape index (κ2) is 7.55. The van der Waals surface area contributed by atoms with E-state index in [1.54, 1.807) is 4.90 Å². The molecule has 2 heterocycles. The molecule has 3 rings (SSSR count). The molecule has 26 heavy (non-hydrogen) atoms. The molecular formula is C21H33N3O2. The van der Waals surface area contributed by atoms with Gasteiger partial charge in [-0.05, 0) is 84.9 Å². The van der Waals surface area contributed by atoms with E-state index in [4.69, 9.17) is 4.74 Å². The monoisotopic (exact) mass is 359 g/mol. The van der Waals surface area contributed by atoms with Gasteiger partial charge in [0.15, 0.2) is 0 Å². The number of ether oxygens (including phenoxy) is 1. The summed E-state index contributed by atoms with van der Waals surface area (Å²) in [6.45, 7) is 11.4. The minimum atomic E-state index is -0.499. The highest BCUT2D eigenvalue weighted by atomic mass is 16.6. The van der Waals surface area contributed by atoms with Crippen molar-refractivity contribution >= 4 is 11.9 Å². The van der Waals surface area contributed by atoms with Crippen LogP contribution >= 0.6 is 0 Å². The number of anilines is 1. The van der Waals surface area contributed by atoms with Gasteiger partial charge in [-0.15, -0.1) is 0 Å². The lowest BCUT2D eigenvalue weighted by Crippen LogP contribution is -2.47. The molecule has 5 nitrogen and oxygen atoms in total. The first-order valence-corrected chi connectivity index (χ1v) is 10.00. The average molecular weight is 360 g/mol. The SMILES string of the molecule is CC(C)N1CCCC1c1ccc(N(C(=O)OC(C)(C)C)C2CCC2)nc1. The van der Waals surface area contributed by atoms with Crippen molar-refractivity contribution in [1.82, 2.24) is 9.88 Å². The van der Waals surface area contributed by atoms with Gasteiger partial charge in [0.25, 0.3) is 0 Å². The smallest absolute Gasteiger partial charge is 0.416 e. The summed E-state index contributed by atoms with van der Waals surface area (Å²) in [5.41, 5.74) is 0.748. The molecule has 1 saturated heterocycles. The van der Waals surface area contributed by atoms with Crippen LogP contribution in [0.3, 0.4) is 0 Å². The number of rotatable bonds is 4. The molecule has 1 aliphatic heterocycles. The summed E-state index contributed by atoms with van der Waals surface area (Å²) in [7, 11) is 0. The Morgan fingerprint density at radius 2 is 1.96 bits per heavy atom. The Hall–Kier alpha value is -1.62. The maximum absolute atomic E-state index is 12.7. The van der Waals surface area contributed by atoms with Crippen LogP contribution in [0, 0.1) is 0 Å². The van der Waals surface area contributed by atoms with Gasteiger partial charge >= 0.3 is 6.09 Å². The predicted molar refractivity (Wildman–Crippen MR) is 104 cm³/mol. The van der Waals surface area contributed by atoms with E-state index in [-0.39, 0.29) is 12.1 Å². The number of likely N-dealkylation sites (tertiary alicyclic amines) is 1. The van der Waals surface area contributed by atoms with Crippen LogP contribution in [-0.2, 0) is 4.74 Å². The first-order valence-electron chi connectivity index (χ1n) is 10.00. The molecular weight excluding hydrogens is 326 g/mol. The molecule has 1 amide bonds. The third-order valence-electron chi connectivity index (χ3n) is 5.39. The summed E-state index contributed by atoms with van der Waals surface area (Å²) in [4.78, 5) is 21.7. The van der Waals surface area contributed by atoms with Gasteiger partial charge in [0, 0.05) is 24.3 Å². The number of amides is 1. The molecule has 1 saturated carbocycles. The molecule has 1 aliphatic carbocycles. The molecule has 1 atom stereocenters. The molecule has 0 N–H and O–H groups in total. The topological polar surface area (TPSA) is 45.7 Å². The summed E-state index contributed by atoms with van der Waals surface area (Å²) < 4.78 is 5.63. The van der Waals surface area contributed by atoms with E-state index in [1.807, 2.05) is 33.0 Å². The summed E-state index contributed by atoms with van der Waals surface area (Å²) in [6.07, 6.45) is 7.28. The number of nitrogens with zero attached hydrogens (tertiary/aromatic N) is 3. The minimum absolute atomic E-state index is 0.210. The van der Waals surface area contributed by atoms with E-state index in [2.05, 4.69) is 29.8 Å². The number of hydrogen-bond acceptors (Lipinski definition) is 4. The maximum Gasteiger partial charge on any atom is 0.416 e. The zero-order valence-electron chi connectivity index (χ0n) is 16.9. The highest BCUT2D eigenvalue weighted by molar-refractivity contribution is 5.87. The van der Waals surface area contributed by atoms with Gasteiger partial charge in [-0.3, -0.25) is 9.80 Å². The lowest BCUT2D eigenvalue weighted by molar-refractivity contribution is 0.0548. The molecule has 0 bridgehead atoms. The maximum atomic E-state index is 12.7. The Labute approximate surface area is 157 Å². The number of carbonyl (C=O) groups excluding carboxylic acids is 1. The summed E-state index contributed by atoms with van der Waals surface area (Å²) in [5, 5.41) is 0. The third kappa shape index (κ3) is 4.20. The van der Waals surface area contributed by atoms with Gasteiger partial charge in [-0.25, -0.2) is 9.78 Å².